The van der Waals surface area contributed by atoms with Gasteiger partial charge in [0, 0.05) is 0 Å². The molecule has 1 heterocycles. The third kappa shape index (κ3) is 4.88. The molecule has 1 fully saturated rings. The maximum absolute atomic E-state index is 11.8. The Balaban J connectivity index is 1.76. The minimum Gasteiger partial charge on any atom is -0.368 e. The lowest BCUT2D eigenvalue weighted by atomic mass is 9.87. The molecular formula is C18H25NO4. The first kappa shape index (κ1) is 17.6. The number of benzene rings is 1. The predicted octanol–water partition coefficient (Wildman–Crippen LogP) is 1.97. The Kier molecular flexibility index (Phi) is 5.55. The van der Waals surface area contributed by atoms with E-state index < -0.39 is 6.04 Å². The molecule has 1 aliphatic rings. The molecule has 0 spiro atoms. The second-order valence-electron chi connectivity index (χ2n) is 6.97. The van der Waals surface area contributed by atoms with Crippen molar-refractivity contribution in [2.75, 3.05) is 13.2 Å². The molecule has 5 nitrogen and oxygen atoms in total. The fourth-order valence-corrected chi connectivity index (χ4v) is 2.44. The van der Waals surface area contributed by atoms with Crippen LogP contribution in [0.15, 0.2) is 24.3 Å². The highest BCUT2D eigenvalue weighted by Crippen LogP contribution is 2.22. The lowest BCUT2D eigenvalue weighted by Crippen LogP contribution is -2.45. The van der Waals surface area contributed by atoms with Gasteiger partial charge in [0.2, 0.25) is 5.91 Å². The third-order valence-corrected chi connectivity index (χ3v) is 3.94. The second kappa shape index (κ2) is 7.23. The van der Waals surface area contributed by atoms with E-state index in [1.54, 1.807) is 6.92 Å². The zero-order valence-electron chi connectivity index (χ0n) is 14.2. The van der Waals surface area contributed by atoms with E-state index in [4.69, 9.17) is 9.47 Å². The van der Waals surface area contributed by atoms with E-state index in [9.17, 15) is 9.59 Å². The summed E-state index contributed by atoms with van der Waals surface area (Å²) in [7, 11) is 0. The Labute approximate surface area is 137 Å². The van der Waals surface area contributed by atoms with Gasteiger partial charge in [-0.3, -0.25) is 9.59 Å². The van der Waals surface area contributed by atoms with Crippen LogP contribution in [0.1, 0.15) is 38.8 Å². The molecule has 1 aromatic rings. The minimum absolute atomic E-state index is 0.0626. The molecule has 1 unspecified atom stereocenters. The Morgan fingerprint density at radius 3 is 2.48 bits per heavy atom. The molecule has 1 amide bonds. The summed E-state index contributed by atoms with van der Waals surface area (Å²) in [4.78, 5) is 23.4. The highest BCUT2D eigenvalue weighted by Gasteiger charge is 2.33. The number of nitrogens with one attached hydrogen (secondary N) is 1. The van der Waals surface area contributed by atoms with Crippen molar-refractivity contribution < 1.29 is 19.1 Å². The van der Waals surface area contributed by atoms with Crippen LogP contribution in [0, 0.1) is 0 Å². The number of ketones is 1. The first-order valence-corrected chi connectivity index (χ1v) is 7.88. The number of hydrogen-bond donors (Lipinski definition) is 1. The van der Waals surface area contributed by atoms with Crippen LogP contribution in [0.4, 0.5) is 0 Å². The SMILES string of the molecule is C[C@H]1OCC(=O)C1NC(=O)COCc1ccc(C(C)(C)C)cc1. The van der Waals surface area contributed by atoms with Gasteiger partial charge >= 0.3 is 0 Å². The maximum atomic E-state index is 11.8. The Morgan fingerprint density at radius 2 is 1.96 bits per heavy atom. The molecule has 0 radical (unpaired) electrons. The van der Waals surface area contributed by atoms with E-state index in [-0.39, 0.29) is 36.4 Å². The average Bonchev–Trinajstić information content (AvgIpc) is 2.79. The molecule has 5 heteroatoms. The molecule has 1 aliphatic heterocycles. The molecule has 0 aromatic heterocycles. The van der Waals surface area contributed by atoms with Crippen LogP contribution in [0.5, 0.6) is 0 Å². The minimum atomic E-state index is -0.558. The van der Waals surface area contributed by atoms with Crippen LogP contribution in [0.2, 0.25) is 0 Å². The number of amides is 1. The van der Waals surface area contributed by atoms with Crippen molar-refractivity contribution >= 4 is 11.7 Å². The van der Waals surface area contributed by atoms with Gasteiger partial charge in [0.05, 0.1) is 12.7 Å². The van der Waals surface area contributed by atoms with E-state index in [0.717, 1.165) is 5.56 Å². The van der Waals surface area contributed by atoms with Gasteiger partial charge in [0.15, 0.2) is 5.78 Å². The fourth-order valence-electron chi connectivity index (χ4n) is 2.44. The van der Waals surface area contributed by atoms with Crippen LogP contribution in [-0.2, 0) is 31.1 Å². The van der Waals surface area contributed by atoms with Gasteiger partial charge in [0.25, 0.3) is 0 Å². The summed E-state index contributed by atoms with van der Waals surface area (Å²) in [6.45, 7) is 8.62. The standard InChI is InChI=1S/C18H25NO4/c1-12-17(15(20)10-23-12)19-16(21)11-22-9-13-5-7-14(8-6-13)18(2,3)4/h5-8,12,17H,9-11H2,1-4H3,(H,19,21)/t12-,17?/m1/s1. The first-order chi connectivity index (χ1) is 10.8. The van der Waals surface area contributed by atoms with Crippen molar-refractivity contribution in [1.29, 1.82) is 0 Å². The summed E-state index contributed by atoms with van der Waals surface area (Å²) in [5.41, 5.74) is 2.39. The van der Waals surface area contributed by atoms with Crippen molar-refractivity contribution in [2.24, 2.45) is 0 Å². The predicted molar refractivity (Wildman–Crippen MR) is 87.1 cm³/mol. The van der Waals surface area contributed by atoms with Crippen molar-refractivity contribution in [2.45, 2.75) is 51.9 Å². The van der Waals surface area contributed by atoms with Gasteiger partial charge in [-0.1, -0.05) is 45.0 Å². The number of ether oxygens (including phenoxy) is 2. The van der Waals surface area contributed by atoms with Crippen LogP contribution in [-0.4, -0.2) is 37.0 Å². The molecule has 1 aromatic carbocycles. The van der Waals surface area contributed by atoms with Crippen molar-refractivity contribution in [3.05, 3.63) is 35.4 Å². The van der Waals surface area contributed by atoms with Crippen molar-refractivity contribution in [1.82, 2.24) is 5.32 Å². The molecule has 1 saturated heterocycles. The molecule has 1 N–H and O–H groups in total. The van der Waals surface area contributed by atoms with Crippen molar-refractivity contribution in [3.8, 4) is 0 Å². The van der Waals surface area contributed by atoms with E-state index in [1.165, 1.54) is 5.56 Å². The molecule has 23 heavy (non-hydrogen) atoms. The van der Waals surface area contributed by atoms with Crippen LogP contribution in [0.3, 0.4) is 0 Å². The fraction of sp³-hybridized carbons (Fsp3) is 0.556. The molecule has 126 valence electrons. The zero-order chi connectivity index (χ0) is 17.0. The third-order valence-electron chi connectivity index (χ3n) is 3.94. The van der Waals surface area contributed by atoms with Gasteiger partial charge in [-0.15, -0.1) is 0 Å². The lowest BCUT2D eigenvalue weighted by molar-refractivity contribution is -0.129. The maximum Gasteiger partial charge on any atom is 0.246 e. The van der Waals surface area contributed by atoms with Gasteiger partial charge in [-0.2, -0.15) is 0 Å². The second-order valence-corrected chi connectivity index (χ2v) is 6.97. The first-order valence-electron chi connectivity index (χ1n) is 7.88. The largest absolute Gasteiger partial charge is 0.368 e. The summed E-state index contributed by atoms with van der Waals surface area (Å²) in [5, 5.41) is 2.66. The molecule has 0 aliphatic carbocycles. The van der Waals surface area contributed by atoms with E-state index in [2.05, 4.69) is 38.2 Å². The van der Waals surface area contributed by atoms with Gasteiger partial charge in [-0.05, 0) is 23.5 Å². The zero-order valence-corrected chi connectivity index (χ0v) is 14.2. The van der Waals surface area contributed by atoms with E-state index >= 15 is 0 Å². The summed E-state index contributed by atoms with van der Waals surface area (Å²) >= 11 is 0. The topological polar surface area (TPSA) is 64.6 Å². The number of hydrogen-bond acceptors (Lipinski definition) is 4. The number of rotatable bonds is 5. The summed E-state index contributed by atoms with van der Waals surface area (Å²) in [5.74, 6) is -0.393. The number of carbonyl (C=O) groups is 2. The van der Waals surface area contributed by atoms with Crippen LogP contribution < -0.4 is 5.32 Å². The molecule has 2 rings (SSSR count). The summed E-state index contributed by atoms with van der Waals surface area (Å²) in [6.07, 6.45) is -0.281. The molecule has 0 bridgehead atoms. The smallest absolute Gasteiger partial charge is 0.246 e. The van der Waals surface area contributed by atoms with Gasteiger partial charge < -0.3 is 14.8 Å². The highest BCUT2D eigenvalue weighted by molar-refractivity contribution is 5.92. The quantitative estimate of drug-likeness (QED) is 0.901. The van der Waals surface area contributed by atoms with E-state index in [1.807, 2.05) is 12.1 Å². The highest BCUT2D eigenvalue weighted by atomic mass is 16.5. The van der Waals surface area contributed by atoms with E-state index in [0.29, 0.717) is 6.61 Å². The van der Waals surface area contributed by atoms with Crippen molar-refractivity contribution in [3.63, 3.8) is 0 Å². The van der Waals surface area contributed by atoms with Gasteiger partial charge in [-0.25, -0.2) is 0 Å². The summed E-state index contributed by atoms with van der Waals surface area (Å²) < 4.78 is 10.6. The molecular weight excluding hydrogens is 294 g/mol. The summed E-state index contributed by atoms with van der Waals surface area (Å²) in [6, 6.07) is 7.62. The molecule has 0 saturated carbocycles. The molecule has 2 atom stereocenters. The lowest BCUT2D eigenvalue weighted by Gasteiger charge is -2.19. The normalized spacial score (nSPS) is 21.5. The van der Waals surface area contributed by atoms with Crippen LogP contribution in [0.25, 0.3) is 0 Å². The Bertz CT molecular complexity index is 559. The van der Waals surface area contributed by atoms with Crippen LogP contribution >= 0.6 is 0 Å². The van der Waals surface area contributed by atoms with Gasteiger partial charge in [0.1, 0.15) is 19.3 Å². The average molecular weight is 319 g/mol. The Hall–Kier alpha value is -1.72. The number of carbonyl (C=O) groups excluding carboxylic acids is 2. The number of Topliss-reactive ketones (excluding diaryl/α,β-unsaturated/α-hetero) is 1. The monoisotopic (exact) mass is 319 g/mol. The Morgan fingerprint density at radius 1 is 1.30 bits per heavy atom.